The molecule has 0 bridgehead atoms. The third kappa shape index (κ3) is 2.29. The number of anilines is 1. The van der Waals surface area contributed by atoms with E-state index in [1.165, 1.54) is 24.2 Å². The zero-order valence-electron chi connectivity index (χ0n) is 12.5. The predicted molar refractivity (Wildman–Crippen MR) is 81.9 cm³/mol. The van der Waals surface area contributed by atoms with Gasteiger partial charge >= 0.3 is 0 Å². The molecule has 3 rings (SSSR count). The van der Waals surface area contributed by atoms with Crippen LogP contribution in [0, 0.1) is 5.92 Å². The highest BCUT2D eigenvalue weighted by molar-refractivity contribution is 5.80. The Morgan fingerprint density at radius 2 is 2.15 bits per heavy atom. The van der Waals surface area contributed by atoms with E-state index in [1.54, 1.807) is 7.11 Å². The topological polar surface area (TPSA) is 53.1 Å². The van der Waals surface area contributed by atoms with Gasteiger partial charge in [-0.25, -0.2) is 4.98 Å². The minimum Gasteiger partial charge on any atom is -0.399 e. The fourth-order valence-electron chi connectivity index (χ4n) is 2.85. The van der Waals surface area contributed by atoms with Gasteiger partial charge in [0.05, 0.1) is 23.7 Å². The van der Waals surface area contributed by atoms with Gasteiger partial charge < -0.3 is 15.0 Å². The van der Waals surface area contributed by atoms with Crippen molar-refractivity contribution in [3.05, 3.63) is 24.0 Å². The van der Waals surface area contributed by atoms with Gasteiger partial charge in [-0.15, -0.1) is 0 Å². The smallest absolute Gasteiger partial charge is 0.113 e. The van der Waals surface area contributed by atoms with Crippen LogP contribution in [-0.4, -0.2) is 23.3 Å². The van der Waals surface area contributed by atoms with E-state index in [-0.39, 0.29) is 0 Å². The maximum Gasteiger partial charge on any atom is 0.113 e. The maximum atomic E-state index is 5.90. The number of rotatable bonds is 5. The molecule has 1 aromatic carbocycles. The third-order valence-corrected chi connectivity index (χ3v) is 4.12. The number of nitrogens with two attached hydrogens (primary N) is 1. The van der Waals surface area contributed by atoms with Crippen molar-refractivity contribution in [2.24, 2.45) is 5.92 Å². The Balaban J connectivity index is 2.17. The van der Waals surface area contributed by atoms with E-state index in [2.05, 4.69) is 24.5 Å². The van der Waals surface area contributed by atoms with Crippen LogP contribution < -0.4 is 5.73 Å². The second-order valence-corrected chi connectivity index (χ2v) is 6.13. The Morgan fingerprint density at radius 3 is 2.75 bits per heavy atom. The fraction of sp³-hybridized carbons (Fsp3) is 0.562. The molecule has 2 N–H and O–H groups in total. The molecule has 1 aliphatic carbocycles. The van der Waals surface area contributed by atoms with Crippen molar-refractivity contribution in [1.82, 2.24) is 9.55 Å². The zero-order valence-corrected chi connectivity index (χ0v) is 12.5. The molecular formula is C16H23N3O. The Hall–Kier alpha value is -1.55. The van der Waals surface area contributed by atoms with Gasteiger partial charge in [0, 0.05) is 18.7 Å². The first-order valence-corrected chi connectivity index (χ1v) is 7.38. The molecule has 0 spiro atoms. The number of benzene rings is 1. The number of nitrogen functional groups attached to an aromatic ring is 1. The van der Waals surface area contributed by atoms with Crippen molar-refractivity contribution in [3.63, 3.8) is 0 Å². The van der Waals surface area contributed by atoms with Gasteiger partial charge in [0.2, 0.25) is 0 Å². The average Bonchev–Trinajstić information content (AvgIpc) is 3.18. The lowest BCUT2D eigenvalue weighted by Crippen LogP contribution is -2.22. The number of imidazole rings is 1. The highest BCUT2D eigenvalue weighted by atomic mass is 16.5. The molecule has 4 heteroatoms. The van der Waals surface area contributed by atoms with Gasteiger partial charge in [0.15, 0.2) is 0 Å². The second-order valence-electron chi connectivity index (χ2n) is 6.13. The Bertz CT molecular complexity index is 613. The van der Waals surface area contributed by atoms with Crippen molar-refractivity contribution in [1.29, 1.82) is 0 Å². The molecule has 108 valence electrons. The summed E-state index contributed by atoms with van der Waals surface area (Å²) in [5.74, 6) is 2.32. The van der Waals surface area contributed by atoms with Crippen LogP contribution in [0.15, 0.2) is 18.2 Å². The lowest BCUT2D eigenvalue weighted by Gasteiger charge is -2.24. The Labute approximate surface area is 119 Å². The van der Waals surface area contributed by atoms with Crippen LogP contribution in [0.25, 0.3) is 11.0 Å². The van der Waals surface area contributed by atoms with Gasteiger partial charge in [0.1, 0.15) is 5.82 Å². The van der Waals surface area contributed by atoms with Crippen molar-refractivity contribution in [3.8, 4) is 0 Å². The van der Waals surface area contributed by atoms with Crippen LogP contribution >= 0.6 is 0 Å². The normalized spacial score (nSPS) is 17.0. The van der Waals surface area contributed by atoms with Crippen LogP contribution in [0.2, 0.25) is 0 Å². The summed E-state index contributed by atoms with van der Waals surface area (Å²) in [6.45, 7) is 5.19. The summed E-state index contributed by atoms with van der Waals surface area (Å²) in [6, 6.07) is 6.35. The molecule has 1 fully saturated rings. The highest BCUT2D eigenvalue weighted by Crippen LogP contribution is 2.42. The number of nitrogens with zero attached hydrogens (tertiary/aromatic N) is 2. The van der Waals surface area contributed by atoms with Crippen LogP contribution in [0.1, 0.15) is 44.5 Å². The molecule has 1 aromatic heterocycles. The van der Waals surface area contributed by atoms with Gasteiger partial charge in [-0.1, -0.05) is 13.8 Å². The van der Waals surface area contributed by atoms with Crippen molar-refractivity contribution in [2.45, 2.75) is 38.6 Å². The summed E-state index contributed by atoms with van der Waals surface area (Å²) in [4.78, 5) is 4.85. The quantitative estimate of drug-likeness (QED) is 0.850. The molecule has 20 heavy (non-hydrogen) atoms. The first kappa shape index (κ1) is 13.4. The van der Waals surface area contributed by atoms with Crippen molar-refractivity contribution >= 4 is 16.7 Å². The molecule has 0 radical (unpaired) electrons. The molecule has 1 heterocycles. The maximum absolute atomic E-state index is 5.90. The van der Waals surface area contributed by atoms with Crippen molar-refractivity contribution < 1.29 is 4.74 Å². The minimum absolute atomic E-state index is 0.323. The second kappa shape index (κ2) is 5.09. The molecule has 1 atom stereocenters. The van der Waals surface area contributed by atoms with Gasteiger partial charge in [0.25, 0.3) is 0 Å². The van der Waals surface area contributed by atoms with E-state index < -0.39 is 0 Å². The number of fused-ring (bicyclic) bond motifs is 1. The van der Waals surface area contributed by atoms with Crippen LogP contribution in [-0.2, 0) is 4.74 Å². The summed E-state index contributed by atoms with van der Waals surface area (Å²) < 4.78 is 7.83. The van der Waals surface area contributed by atoms with E-state index >= 15 is 0 Å². The predicted octanol–water partition coefficient (Wildman–Crippen LogP) is 3.34. The standard InChI is InChI=1S/C16H23N3O/c1-10(2)15(9-20-3)19-14-7-6-12(17)8-13(14)18-16(19)11-4-5-11/h6-8,10-11,15H,4-5,9,17H2,1-3H3. The Morgan fingerprint density at radius 1 is 1.40 bits per heavy atom. The van der Waals surface area contributed by atoms with Crippen LogP contribution in [0.3, 0.4) is 0 Å². The first-order chi connectivity index (χ1) is 9.61. The van der Waals surface area contributed by atoms with E-state index in [9.17, 15) is 0 Å². The largest absolute Gasteiger partial charge is 0.399 e. The highest BCUT2D eigenvalue weighted by Gasteiger charge is 2.32. The number of methoxy groups -OCH3 is 1. The summed E-state index contributed by atoms with van der Waals surface area (Å²) in [6.07, 6.45) is 2.49. The molecule has 0 amide bonds. The number of hydrogen-bond donors (Lipinski definition) is 1. The van der Waals surface area contributed by atoms with E-state index in [0.29, 0.717) is 24.5 Å². The van der Waals surface area contributed by atoms with Crippen LogP contribution in [0.4, 0.5) is 5.69 Å². The number of ether oxygens (including phenoxy) is 1. The molecule has 1 saturated carbocycles. The molecule has 0 aliphatic heterocycles. The zero-order chi connectivity index (χ0) is 14.3. The van der Waals surface area contributed by atoms with E-state index in [0.717, 1.165) is 11.2 Å². The molecule has 4 nitrogen and oxygen atoms in total. The lowest BCUT2D eigenvalue weighted by atomic mass is 10.0. The molecular weight excluding hydrogens is 250 g/mol. The summed E-state index contributed by atoms with van der Waals surface area (Å²) in [5, 5.41) is 0. The fourth-order valence-corrected chi connectivity index (χ4v) is 2.85. The van der Waals surface area contributed by atoms with E-state index in [1.807, 2.05) is 12.1 Å². The minimum atomic E-state index is 0.323. The molecule has 1 unspecified atom stereocenters. The van der Waals surface area contributed by atoms with Crippen LogP contribution in [0.5, 0.6) is 0 Å². The summed E-state index contributed by atoms with van der Waals surface area (Å²) in [5.41, 5.74) is 8.86. The Kier molecular flexibility index (Phi) is 3.42. The van der Waals surface area contributed by atoms with Crippen molar-refractivity contribution in [2.75, 3.05) is 19.5 Å². The molecule has 2 aromatic rings. The molecule has 1 aliphatic rings. The molecule has 0 saturated heterocycles. The summed E-state index contributed by atoms with van der Waals surface area (Å²) >= 11 is 0. The SMILES string of the molecule is COCC(C(C)C)n1c(C2CC2)nc2cc(N)ccc21. The number of aromatic nitrogens is 2. The van der Waals surface area contributed by atoms with Gasteiger partial charge in [-0.2, -0.15) is 0 Å². The monoisotopic (exact) mass is 273 g/mol. The van der Waals surface area contributed by atoms with Gasteiger partial charge in [-0.3, -0.25) is 0 Å². The third-order valence-electron chi connectivity index (χ3n) is 4.12. The van der Waals surface area contributed by atoms with Gasteiger partial charge in [-0.05, 0) is 37.0 Å². The number of hydrogen-bond acceptors (Lipinski definition) is 3. The lowest BCUT2D eigenvalue weighted by molar-refractivity contribution is 0.133. The first-order valence-electron chi connectivity index (χ1n) is 7.38. The summed E-state index contributed by atoms with van der Waals surface area (Å²) in [7, 11) is 1.77. The average molecular weight is 273 g/mol. The van der Waals surface area contributed by atoms with E-state index in [4.69, 9.17) is 15.5 Å².